The van der Waals surface area contributed by atoms with Crippen molar-refractivity contribution in [2.45, 2.75) is 84.5 Å². The molecule has 0 fully saturated rings. The van der Waals surface area contributed by atoms with E-state index in [1.807, 2.05) is 24.3 Å². The quantitative estimate of drug-likeness (QED) is 0.125. The molecule has 3 heteroatoms. The number of unbranched alkanes of at least 4 members (excludes halogenated alkanes) is 8. The molecule has 4 rings (SSSR count). The first kappa shape index (κ1) is 30.5. The SMILES string of the molecule is CCCCCCCCCOc1ccc(-c2ccc(-c3ccc(-c4ccc(CCCCC)cc4)cc3)cc2)c(F)c1F. The number of rotatable bonds is 16. The van der Waals surface area contributed by atoms with Crippen LogP contribution in [0.25, 0.3) is 33.4 Å². The molecule has 0 spiro atoms. The minimum Gasteiger partial charge on any atom is -0.490 e. The Bertz CT molecular complexity index is 1320. The maximum Gasteiger partial charge on any atom is 0.201 e. The maximum atomic E-state index is 15.0. The van der Waals surface area contributed by atoms with E-state index in [1.165, 1.54) is 61.6 Å². The van der Waals surface area contributed by atoms with E-state index in [0.717, 1.165) is 36.8 Å². The van der Waals surface area contributed by atoms with E-state index >= 15 is 0 Å². The highest BCUT2D eigenvalue weighted by Gasteiger charge is 2.16. The first-order valence-electron chi connectivity index (χ1n) is 15.5. The zero-order valence-electron chi connectivity index (χ0n) is 24.7. The molecule has 0 atom stereocenters. The van der Waals surface area contributed by atoms with Gasteiger partial charge >= 0.3 is 0 Å². The molecule has 4 aromatic carbocycles. The van der Waals surface area contributed by atoms with Crippen molar-refractivity contribution in [3.63, 3.8) is 0 Å². The standard InChI is InChI=1S/C38H44F2O/c1-3-5-7-8-9-10-12-28-41-36-27-26-35(37(39)38(36)40)34-24-22-33(23-25-34)32-20-18-31(19-21-32)30-16-14-29(15-17-30)13-11-6-4-2/h14-27H,3-13,28H2,1-2H3. The fourth-order valence-electron chi connectivity index (χ4n) is 5.25. The van der Waals surface area contributed by atoms with Gasteiger partial charge in [-0.15, -0.1) is 0 Å². The van der Waals surface area contributed by atoms with Gasteiger partial charge in [0.15, 0.2) is 11.6 Å². The first-order chi connectivity index (χ1) is 20.1. The summed E-state index contributed by atoms with van der Waals surface area (Å²) in [4.78, 5) is 0. The highest BCUT2D eigenvalue weighted by atomic mass is 19.2. The average molecular weight is 555 g/mol. The smallest absolute Gasteiger partial charge is 0.201 e. The Labute approximate surface area is 245 Å². The van der Waals surface area contributed by atoms with Crippen molar-refractivity contribution in [1.29, 1.82) is 0 Å². The molecule has 41 heavy (non-hydrogen) atoms. The topological polar surface area (TPSA) is 9.23 Å². The molecule has 0 aliphatic carbocycles. The van der Waals surface area contributed by atoms with Crippen molar-refractivity contribution < 1.29 is 13.5 Å². The van der Waals surface area contributed by atoms with Crippen molar-refractivity contribution in [1.82, 2.24) is 0 Å². The second kappa shape index (κ2) is 16.1. The lowest BCUT2D eigenvalue weighted by Crippen LogP contribution is -2.01. The van der Waals surface area contributed by atoms with Gasteiger partial charge in [-0.2, -0.15) is 4.39 Å². The van der Waals surface area contributed by atoms with E-state index in [2.05, 4.69) is 62.4 Å². The van der Waals surface area contributed by atoms with Gasteiger partial charge in [0.1, 0.15) is 0 Å². The van der Waals surface area contributed by atoms with E-state index in [4.69, 9.17) is 4.74 Å². The highest BCUT2D eigenvalue weighted by molar-refractivity contribution is 5.73. The van der Waals surface area contributed by atoms with Gasteiger partial charge in [-0.1, -0.05) is 138 Å². The number of halogens is 2. The van der Waals surface area contributed by atoms with Crippen LogP contribution in [-0.4, -0.2) is 6.61 Å². The minimum absolute atomic E-state index is 0.0138. The molecule has 0 saturated carbocycles. The largest absolute Gasteiger partial charge is 0.490 e. The van der Waals surface area contributed by atoms with Crippen LogP contribution in [0.1, 0.15) is 83.6 Å². The van der Waals surface area contributed by atoms with Gasteiger partial charge in [-0.05, 0) is 64.8 Å². The number of hydrogen-bond acceptors (Lipinski definition) is 1. The van der Waals surface area contributed by atoms with Crippen LogP contribution < -0.4 is 4.74 Å². The van der Waals surface area contributed by atoms with Crippen LogP contribution in [0.4, 0.5) is 8.78 Å². The van der Waals surface area contributed by atoms with Gasteiger partial charge in [0, 0.05) is 5.56 Å². The number of benzene rings is 4. The number of aryl methyl sites for hydroxylation is 1. The lowest BCUT2D eigenvalue weighted by molar-refractivity contribution is 0.285. The normalized spacial score (nSPS) is 11.1. The maximum absolute atomic E-state index is 15.0. The Morgan fingerprint density at radius 1 is 0.463 bits per heavy atom. The molecule has 1 nitrogen and oxygen atoms in total. The summed E-state index contributed by atoms with van der Waals surface area (Å²) in [6, 6.07) is 28.1. The summed E-state index contributed by atoms with van der Waals surface area (Å²) in [6.07, 6.45) is 12.9. The molecule has 0 aliphatic heterocycles. The molecule has 216 valence electrons. The molecule has 0 aromatic heterocycles. The molecule has 4 aromatic rings. The van der Waals surface area contributed by atoms with Crippen molar-refractivity contribution in [2.75, 3.05) is 6.61 Å². The second-order valence-electron chi connectivity index (χ2n) is 11.0. The highest BCUT2D eigenvalue weighted by Crippen LogP contribution is 2.32. The Hall–Kier alpha value is -3.46. The third-order valence-corrected chi connectivity index (χ3v) is 7.82. The second-order valence-corrected chi connectivity index (χ2v) is 11.0. The minimum atomic E-state index is -0.917. The monoisotopic (exact) mass is 554 g/mol. The van der Waals surface area contributed by atoms with Gasteiger partial charge in [-0.25, -0.2) is 4.39 Å². The Morgan fingerprint density at radius 3 is 1.49 bits per heavy atom. The fraction of sp³-hybridized carbons (Fsp3) is 0.368. The summed E-state index contributed by atoms with van der Waals surface area (Å²) in [5, 5.41) is 0. The molecule has 0 amide bonds. The Balaban J connectivity index is 1.34. The van der Waals surface area contributed by atoms with Crippen LogP contribution in [0.3, 0.4) is 0 Å². The van der Waals surface area contributed by atoms with Gasteiger partial charge in [0.2, 0.25) is 5.82 Å². The van der Waals surface area contributed by atoms with E-state index < -0.39 is 11.6 Å². The van der Waals surface area contributed by atoms with Gasteiger partial charge in [0.05, 0.1) is 6.61 Å². The Kier molecular flexibility index (Phi) is 12.0. The van der Waals surface area contributed by atoms with Crippen molar-refractivity contribution in [2.24, 2.45) is 0 Å². The average Bonchev–Trinajstić information content (AvgIpc) is 3.01. The van der Waals surface area contributed by atoms with Crippen LogP contribution in [0.2, 0.25) is 0 Å². The molecule has 0 saturated heterocycles. The molecular formula is C38H44F2O. The number of hydrogen-bond donors (Lipinski definition) is 0. The summed E-state index contributed by atoms with van der Waals surface area (Å²) in [7, 11) is 0. The van der Waals surface area contributed by atoms with Gasteiger partial charge in [0.25, 0.3) is 0 Å². The summed E-state index contributed by atoms with van der Waals surface area (Å²) in [5.74, 6) is -1.80. The van der Waals surface area contributed by atoms with Gasteiger partial charge in [-0.3, -0.25) is 0 Å². The molecule has 0 aliphatic rings. The molecule has 0 bridgehead atoms. The van der Waals surface area contributed by atoms with Crippen molar-refractivity contribution in [3.05, 3.63) is 102 Å². The Morgan fingerprint density at radius 2 is 0.927 bits per heavy atom. The molecular weight excluding hydrogens is 510 g/mol. The van der Waals surface area contributed by atoms with Crippen molar-refractivity contribution in [3.8, 4) is 39.1 Å². The van der Waals surface area contributed by atoms with E-state index in [1.54, 1.807) is 12.1 Å². The fourth-order valence-corrected chi connectivity index (χ4v) is 5.25. The van der Waals surface area contributed by atoms with Crippen LogP contribution >= 0.6 is 0 Å². The van der Waals surface area contributed by atoms with E-state index in [-0.39, 0.29) is 11.3 Å². The third-order valence-electron chi connectivity index (χ3n) is 7.82. The van der Waals surface area contributed by atoms with E-state index in [0.29, 0.717) is 12.2 Å². The zero-order chi connectivity index (χ0) is 28.9. The van der Waals surface area contributed by atoms with Gasteiger partial charge < -0.3 is 4.74 Å². The molecule has 0 N–H and O–H groups in total. The van der Waals surface area contributed by atoms with Crippen LogP contribution in [0.15, 0.2) is 84.9 Å². The molecule has 0 unspecified atom stereocenters. The first-order valence-corrected chi connectivity index (χ1v) is 15.5. The van der Waals surface area contributed by atoms with Crippen molar-refractivity contribution >= 4 is 0 Å². The molecule has 0 heterocycles. The number of ether oxygens (including phenoxy) is 1. The van der Waals surface area contributed by atoms with Crippen LogP contribution in [0, 0.1) is 11.6 Å². The summed E-state index contributed by atoms with van der Waals surface area (Å²) in [5.41, 5.74) is 6.77. The zero-order valence-corrected chi connectivity index (χ0v) is 24.7. The lowest BCUT2D eigenvalue weighted by Gasteiger charge is -2.11. The predicted octanol–water partition coefficient (Wildman–Crippen LogP) is 11.8. The lowest BCUT2D eigenvalue weighted by atomic mass is 9.97. The van der Waals surface area contributed by atoms with Crippen LogP contribution in [0.5, 0.6) is 5.75 Å². The molecule has 0 radical (unpaired) electrons. The predicted molar refractivity (Wildman–Crippen MR) is 169 cm³/mol. The van der Waals surface area contributed by atoms with Crippen LogP contribution in [-0.2, 0) is 6.42 Å². The summed E-state index contributed by atoms with van der Waals surface area (Å²) < 4.78 is 35.3. The third kappa shape index (κ3) is 8.76. The summed E-state index contributed by atoms with van der Waals surface area (Å²) >= 11 is 0. The summed E-state index contributed by atoms with van der Waals surface area (Å²) in [6.45, 7) is 4.84. The van der Waals surface area contributed by atoms with E-state index in [9.17, 15) is 8.78 Å².